The molecule has 2 saturated carbocycles. The van der Waals surface area contributed by atoms with Crippen molar-refractivity contribution >= 4 is 39.2 Å². The van der Waals surface area contributed by atoms with E-state index in [1.807, 2.05) is 11.1 Å². The van der Waals surface area contributed by atoms with Gasteiger partial charge in [-0.15, -0.1) is 0 Å². The number of hydrogen-bond acceptors (Lipinski definition) is 0. The Labute approximate surface area is 292 Å². The molecule has 6 aromatic carbocycles. The van der Waals surface area contributed by atoms with Gasteiger partial charge in [0, 0.05) is 0 Å². The quantitative estimate of drug-likeness (QED) is 0.147. The molecular weight excluding hydrogens is 759 g/mol. The molecule has 0 nitrogen and oxygen atoms in total. The fourth-order valence-electron chi connectivity index (χ4n) is 9.22. The summed E-state index contributed by atoms with van der Waals surface area (Å²) in [5.74, 6) is 1.58. The summed E-state index contributed by atoms with van der Waals surface area (Å²) in [5, 5.41) is 5.42. The summed E-state index contributed by atoms with van der Waals surface area (Å²) in [7, 11) is 0. The maximum absolute atomic E-state index is 2.73. The van der Waals surface area contributed by atoms with Gasteiger partial charge in [-0.3, -0.25) is 0 Å². The fourth-order valence-corrected chi connectivity index (χ4v) is 38.4. The zero-order chi connectivity index (χ0) is 31.9. The van der Waals surface area contributed by atoms with Crippen LogP contribution < -0.4 is 0 Å². The van der Waals surface area contributed by atoms with E-state index in [1.165, 1.54) is 69.5 Å². The van der Waals surface area contributed by atoms with Gasteiger partial charge in [0.05, 0.1) is 0 Å². The normalized spacial score (nSPS) is 19.6. The van der Waals surface area contributed by atoms with E-state index in [4.69, 9.17) is 0 Å². The van der Waals surface area contributed by atoms with Crippen molar-refractivity contribution < 1.29 is 20.1 Å². The van der Waals surface area contributed by atoms with Gasteiger partial charge in [-0.1, -0.05) is 0 Å². The standard InChI is InChI=1S/2C22H17.C2H6Si.Hf/c2*1-2-8-19-16(5-1)6-3-9-20(19)21-10-4-7-17-13-18(14-22(17)21)15-11-12-15;1-3-2;/h2*1-10,13-15H,11-12H2;1-2H3;. The van der Waals surface area contributed by atoms with Crippen molar-refractivity contribution in [2.24, 2.45) is 11.8 Å². The first kappa shape index (κ1) is 29.3. The topological polar surface area (TPSA) is 0 Å². The molecule has 232 valence electrons. The van der Waals surface area contributed by atoms with Crippen LogP contribution in [-0.2, 0) is 20.1 Å². The van der Waals surface area contributed by atoms with E-state index >= 15 is 0 Å². The molecule has 2 unspecified atom stereocenters. The van der Waals surface area contributed by atoms with Crippen LogP contribution in [-0.4, -0.2) is 5.49 Å². The first-order chi connectivity index (χ1) is 23.7. The zero-order valence-corrected chi connectivity index (χ0v) is 32.4. The van der Waals surface area contributed by atoms with E-state index in [0.29, 0.717) is 7.35 Å². The van der Waals surface area contributed by atoms with Crippen molar-refractivity contribution in [3.8, 4) is 22.3 Å². The summed E-state index contributed by atoms with van der Waals surface area (Å²) in [6.45, 7) is 5.42. The Kier molecular flexibility index (Phi) is 7.02. The van der Waals surface area contributed by atoms with Crippen molar-refractivity contribution in [2.75, 3.05) is 0 Å². The van der Waals surface area contributed by atoms with Crippen LogP contribution in [0, 0.1) is 11.8 Å². The number of allylic oxidation sites excluding steroid dienone is 2. The van der Waals surface area contributed by atoms with Crippen LogP contribution in [0.1, 0.15) is 55.3 Å². The van der Waals surface area contributed by atoms with Crippen molar-refractivity contribution in [1.29, 1.82) is 0 Å². The molecule has 10 rings (SSSR count). The van der Waals surface area contributed by atoms with E-state index in [1.54, 1.807) is 22.3 Å². The van der Waals surface area contributed by atoms with Crippen LogP contribution >= 0.6 is 0 Å². The Hall–Kier alpha value is -3.59. The fraction of sp³-hybridized carbons (Fsp3) is 0.217. The molecule has 2 heteroatoms. The van der Waals surface area contributed by atoms with Crippen LogP contribution in [0.5, 0.6) is 0 Å². The van der Waals surface area contributed by atoms with E-state index < -0.39 is 25.6 Å². The van der Waals surface area contributed by atoms with Crippen LogP contribution in [0.2, 0.25) is 13.1 Å². The SMILES string of the molecule is C[Si](C)=[Hf]([CH]1C(C2CC2)=Cc2c(-c3cccc4ccccc34)cccc21)[CH]1C(C2CC2)=Cc2c(-c3cccc4ccccc34)cccc21. The predicted molar refractivity (Wildman–Crippen MR) is 203 cm³/mol. The molecule has 0 aromatic heterocycles. The number of rotatable bonds is 6. The van der Waals surface area contributed by atoms with Crippen LogP contribution in [0.3, 0.4) is 0 Å². The zero-order valence-electron chi connectivity index (χ0n) is 27.8. The molecule has 0 saturated heterocycles. The van der Waals surface area contributed by atoms with E-state index in [9.17, 15) is 0 Å². The van der Waals surface area contributed by atoms with E-state index in [2.05, 4.69) is 147 Å². The molecular formula is C46H40HfSi. The first-order valence-electron chi connectivity index (χ1n) is 18.0. The van der Waals surface area contributed by atoms with Gasteiger partial charge in [0.25, 0.3) is 0 Å². The second kappa shape index (κ2) is 11.5. The molecule has 4 aliphatic rings. The molecule has 0 radical (unpaired) electrons. The third-order valence-corrected chi connectivity index (χ3v) is 39.1. The molecule has 0 aliphatic heterocycles. The van der Waals surface area contributed by atoms with Gasteiger partial charge in [0.2, 0.25) is 0 Å². The van der Waals surface area contributed by atoms with Gasteiger partial charge in [-0.25, -0.2) is 0 Å². The Morgan fingerprint density at radius 1 is 0.458 bits per heavy atom. The van der Waals surface area contributed by atoms with E-state index in [-0.39, 0.29) is 0 Å². The first-order valence-corrected chi connectivity index (χ1v) is 30.0. The van der Waals surface area contributed by atoms with Gasteiger partial charge in [0.1, 0.15) is 0 Å². The molecule has 0 N–H and O–H groups in total. The molecule has 4 aliphatic carbocycles. The Balaban J connectivity index is 1.16. The second-order valence-electron chi connectivity index (χ2n) is 14.8. The monoisotopic (exact) mass is 800 g/mol. The van der Waals surface area contributed by atoms with Crippen molar-refractivity contribution in [3.05, 3.63) is 155 Å². The van der Waals surface area contributed by atoms with Crippen molar-refractivity contribution in [1.82, 2.24) is 0 Å². The molecule has 6 aromatic rings. The summed E-state index contributed by atoms with van der Waals surface area (Å²) in [6.07, 6.45) is 11.0. The Bertz CT molecular complexity index is 2220. The molecule has 0 bridgehead atoms. The third kappa shape index (κ3) is 4.70. The predicted octanol–water partition coefficient (Wildman–Crippen LogP) is 12.6. The van der Waals surface area contributed by atoms with E-state index in [0.717, 1.165) is 11.8 Å². The minimum atomic E-state index is -2.47. The second-order valence-corrected chi connectivity index (χ2v) is 39.8. The van der Waals surface area contributed by atoms with Gasteiger partial charge in [-0.2, -0.15) is 0 Å². The molecule has 2 fully saturated rings. The minimum absolute atomic E-state index is 0.488. The summed E-state index contributed by atoms with van der Waals surface area (Å²) in [6, 6.07) is 46.4. The summed E-state index contributed by atoms with van der Waals surface area (Å²) >= 11 is -2.47. The Morgan fingerprint density at radius 3 is 1.29 bits per heavy atom. The van der Waals surface area contributed by atoms with Gasteiger partial charge in [-0.05, 0) is 0 Å². The molecule has 48 heavy (non-hydrogen) atoms. The third-order valence-electron chi connectivity index (χ3n) is 11.6. The van der Waals surface area contributed by atoms with Gasteiger partial charge >= 0.3 is 294 Å². The number of benzene rings is 6. The average Bonchev–Trinajstić information content (AvgIpc) is 4.07. The van der Waals surface area contributed by atoms with Crippen molar-refractivity contribution in [2.45, 2.75) is 46.1 Å². The molecule has 2 atom stereocenters. The molecule has 0 heterocycles. The number of hydrogen-bond donors (Lipinski definition) is 0. The summed E-state index contributed by atoms with van der Waals surface area (Å²) in [5.41, 5.74) is 15.3. The molecule has 0 amide bonds. The summed E-state index contributed by atoms with van der Waals surface area (Å²) in [4.78, 5) is 0. The average molecular weight is 799 g/mol. The number of fused-ring (bicyclic) bond motifs is 4. The van der Waals surface area contributed by atoms with Crippen LogP contribution in [0.4, 0.5) is 0 Å². The molecule has 0 spiro atoms. The van der Waals surface area contributed by atoms with Crippen molar-refractivity contribution in [3.63, 3.8) is 0 Å². The van der Waals surface area contributed by atoms with Gasteiger partial charge < -0.3 is 0 Å². The van der Waals surface area contributed by atoms with Crippen LogP contribution in [0.15, 0.2) is 132 Å². The Morgan fingerprint density at radius 2 is 0.854 bits per heavy atom. The summed E-state index contributed by atoms with van der Waals surface area (Å²) < 4.78 is 1.41. The maximum atomic E-state index is 2.73. The van der Waals surface area contributed by atoms with Crippen LogP contribution in [0.25, 0.3) is 56.0 Å². The van der Waals surface area contributed by atoms with Gasteiger partial charge in [0.15, 0.2) is 0 Å².